The summed E-state index contributed by atoms with van der Waals surface area (Å²) in [6, 6.07) is 90.3. The molecule has 0 radical (unpaired) electrons. The van der Waals surface area contributed by atoms with Crippen LogP contribution < -0.4 is 10.1 Å². The average molecular weight is 1070 g/mol. The van der Waals surface area contributed by atoms with Crippen molar-refractivity contribution in [2.75, 3.05) is 10.1 Å². The van der Waals surface area contributed by atoms with Crippen LogP contribution in [0, 0.1) is 12.1 Å². The standard InChI is InChI=1S/C63H46N4O.Pt/c1-44(2)66-58-35-17-18-36-59(58)67(68-66)52-30-19-29-50(42-52)63(48-25-11-5-12-26-48,49-27-13-6-14-28-49)51-37-38-56-55-31-15-16-34-57(55)65(60(56)43-51)61-41-47(39-40-64-61)62-53(45-21-7-3-8-22-45)32-20-33-54(62)46-23-9-4-10-24-46;/h3-41,44H,1-2H3;/q-2;/p+1. The Kier molecular flexibility index (Phi) is 11.6. The topological polar surface area (TPSA) is 37.1 Å². The summed E-state index contributed by atoms with van der Waals surface area (Å²) in [5.41, 5.74) is 15.2. The third kappa shape index (κ3) is 7.47. The van der Waals surface area contributed by atoms with Gasteiger partial charge >= 0.3 is 0 Å². The van der Waals surface area contributed by atoms with Crippen LogP contribution in [0.25, 0.3) is 61.0 Å². The molecule has 1 N–H and O–H groups in total. The van der Waals surface area contributed by atoms with Crippen LogP contribution in [0.3, 0.4) is 0 Å². The second-order valence-electron chi connectivity index (χ2n) is 17.6. The first-order valence-electron chi connectivity index (χ1n) is 23.3. The SMILES string of the molecule is CC(C)N1[OH+]N(c2[c-]c(C(c3[c-]c4c(cc3)c3ccccc3n4-c3cc(-c4c(-c5ccccc5)cccc4-c4ccccc4)ccn3)(c3ccccc3)c3ccccc3)ccc2)c2ccccc21.[Pt]. The zero-order valence-electron chi connectivity index (χ0n) is 38.1. The van der Waals surface area contributed by atoms with Crippen molar-refractivity contribution >= 4 is 38.9 Å². The molecule has 3 heterocycles. The summed E-state index contributed by atoms with van der Waals surface area (Å²) >= 11 is 0. The number of para-hydroxylation sites is 3. The van der Waals surface area contributed by atoms with Gasteiger partial charge in [-0.2, -0.15) is 35.3 Å². The van der Waals surface area contributed by atoms with Gasteiger partial charge in [-0.15, -0.1) is 38.8 Å². The van der Waals surface area contributed by atoms with Crippen LogP contribution in [0.15, 0.2) is 237 Å². The first-order chi connectivity index (χ1) is 33.6. The van der Waals surface area contributed by atoms with E-state index in [1.54, 1.807) is 0 Å². The van der Waals surface area contributed by atoms with Gasteiger partial charge in [-0.1, -0.05) is 175 Å². The van der Waals surface area contributed by atoms with Crippen molar-refractivity contribution in [1.82, 2.24) is 9.55 Å². The number of hydroxylamine groups is 1. The third-order valence-electron chi connectivity index (χ3n) is 13.3. The van der Waals surface area contributed by atoms with Crippen LogP contribution in [0.5, 0.6) is 0 Å². The van der Waals surface area contributed by atoms with E-state index in [9.17, 15) is 0 Å². The minimum atomic E-state index is -0.848. The Hall–Kier alpha value is -7.82. The molecule has 0 spiro atoms. The monoisotopic (exact) mass is 1070 g/mol. The molecular weight excluding hydrogens is 1020 g/mol. The molecule has 0 saturated heterocycles. The molecule has 6 heteroatoms. The van der Waals surface area contributed by atoms with E-state index < -0.39 is 5.41 Å². The van der Waals surface area contributed by atoms with Crippen molar-refractivity contribution in [3.8, 4) is 39.2 Å². The zero-order chi connectivity index (χ0) is 45.6. The Morgan fingerprint density at radius 2 is 1.06 bits per heavy atom. The van der Waals surface area contributed by atoms with Crippen molar-refractivity contribution in [2.45, 2.75) is 25.3 Å². The first kappa shape index (κ1) is 43.7. The van der Waals surface area contributed by atoms with Gasteiger partial charge in [0.2, 0.25) is 0 Å². The molecular formula is C63H47N4OPt-. The number of hydrogen-bond donors (Lipinski definition) is 0. The van der Waals surface area contributed by atoms with Crippen LogP contribution >= 0.6 is 0 Å². The largest absolute Gasteiger partial charge is 0.319 e. The number of rotatable bonds is 10. The second kappa shape index (κ2) is 18.3. The molecule has 1 aliphatic rings. The van der Waals surface area contributed by atoms with Crippen LogP contribution in [0.1, 0.15) is 36.1 Å². The van der Waals surface area contributed by atoms with Gasteiger partial charge in [-0.05, 0) is 94.1 Å². The van der Waals surface area contributed by atoms with E-state index in [1.165, 1.54) is 0 Å². The van der Waals surface area contributed by atoms with E-state index in [0.29, 0.717) is 0 Å². The van der Waals surface area contributed by atoms with E-state index in [1.807, 2.05) is 11.3 Å². The minimum absolute atomic E-state index is 0. The minimum Gasteiger partial charge on any atom is -0.319 e. The molecule has 0 bridgehead atoms. The summed E-state index contributed by atoms with van der Waals surface area (Å²) in [4.78, 5) is 10.4. The number of pyridine rings is 1. The van der Waals surface area contributed by atoms with Gasteiger partial charge < -0.3 is 4.57 Å². The second-order valence-corrected chi connectivity index (χ2v) is 17.6. The summed E-state index contributed by atoms with van der Waals surface area (Å²) in [6.45, 7) is 4.34. The number of anilines is 3. The Morgan fingerprint density at radius 1 is 0.493 bits per heavy atom. The smallest absolute Gasteiger partial charge is 0.145 e. The van der Waals surface area contributed by atoms with E-state index in [2.05, 4.69) is 266 Å². The molecule has 12 rings (SSSR count). The summed E-state index contributed by atoms with van der Waals surface area (Å²) in [6.07, 6.45) is 1.95. The van der Waals surface area contributed by atoms with Crippen molar-refractivity contribution < 1.29 is 26.0 Å². The van der Waals surface area contributed by atoms with Crippen LogP contribution in [0.4, 0.5) is 17.1 Å². The van der Waals surface area contributed by atoms with Gasteiger partial charge in [-0.25, -0.2) is 4.98 Å². The molecule has 0 unspecified atom stereocenters. The molecule has 0 aliphatic carbocycles. The predicted molar refractivity (Wildman–Crippen MR) is 279 cm³/mol. The predicted octanol–water partition coefficient (Wildman–Crippen LogP) is 15.4. The molecule has 9 aromatic carbocycles. The van der Waals surface area contributed by atoms with Crippen LogP contribution in [0.2, 0.25) is 0 Å². The van der Waals surface area contributed by atoms with Crippen LogP contribution in [-0.4, -0.2) is 20.5 Å². The van der Waals surface area contributed by atoms with Crippen LogP contribution in [-0.2, 0) is 26.5 Å². The van der Waals surface area contributed by atoms with Crippen molar-refractivity contribution in [3.63, 3.8) is 0 Å². The molecule has 0 atom stereocenters. The number of fused-ring (bicyclic) bond motifs is 4. The Balaban J connectivity index is 0.00000520. The molecule has 11 aromatic rings. The number of nitrogens with zero attached hydrogens (tertiary/aromatic N) is 4. The maximum absolute atomic E-state index is 5.19. The molecule has 1 aliphatic heterocycles. The molecule has 0 fully saturated rings. The molecule has 336 valence electrons. The van der Waals surface area contributed by atoms with Crippen molar-refractivity contribution in [2.24, 2.45) is 0 Å². The summed E-state index contributed by atoms with van der Waals surface area (Å²) in [5, 5.41) is 6.35. The van der Waals surface area contributed by atoms with Gasteiger partial charge in [0.25, 0.3) is 0 Å². The quantitative estimate of drug-likeness (QED) is 0.0778. The van der Waals surface area contributed by atoms with E-state index in [-0.39, 0.29) is 27.1 Å². The molecule has 0 saturated carbocycles. The van der Waals surface area contributed by atoms with Gasteiger partial charge in [0, 0.05) is 43.9 Å². The third-order valence-corrected chi connectivity index (χ3v) is 13.3. The fourth-order valence-corrected chi connectivity index (χ4v) is 10.3. The average Bonchev–Trinajstić information content (AvgIpc) is 3.97. The van der Waals surface area contributed by atoms with Crippen molar-refractivity contribution in [3.05, 3.63) is 271 Å². The molecule has 5 nitrogen and oxygen atoms in total. The van der Waals surface area contributed by atoms with E-state index >= 15 is 0 Å². The number of benzene rings is 9. The molecule has 2 aromatic heterocycles. The van der Waals surface area contributed by atoms with Gasteiger partial charge in [0.15, 0.2) is 0 Å². The van der Waals surface area contributed by atoms with E-state index in [0.717, 1.165) is 100 Å². The van der Waals surface area contributed by atoms with Crippen molar-refractivity contribution in [1.29, 1.82) is 0 Å². The van der Waals surface area contributed by atoms with Gasteiger partial charge in [-0.3, -0.25) is 0 Å². The molecule has 0 amide bonds. The Morgan fingerprint density at radius 3 is 1.71 bits per heavy atom. The first-order valence-corrected chi connectivity index (χ1v) is 23.3. The molecule has 69 heavy (non-hydrogen) atoms. The fourth-order valence-electron chi connectivity index (χ4n) is 10.3. The number of hydrogen-bond acceptors (Lipinski definition) is 3. The van der Waals surface area contributed by atoms with Gasteiger partial charge in [0.1, 0.15) is 17.2 Å². The zero-order valence-corrected chi connectivity index (χ0v) is 40.4. The number of aromatic nitrogens is 2. The van der Waals surface area contributed by atoms with E-state index in [4.69, 9.17) is 9.92 Å². The Labute approximate surface area is 417 Å². The normalized spacial score (nSPS) is 12.4. The summed E-state index contributed by atoms with van der Waals surface area (Å²) < 4.78 is 2.30. The Bertz CT molecular complexity index is 3500. The maximum atomic E-state index is 5.19. The fraction of sp³-hybridized carbons (Fsp3) is 0.0635. The summed E-state index contributed by atoms with van der Waals surface area (Å²) in [7, 11) is 0. The summed E-state index contributed by atoms with van der Waals surface area (Å²) in [5.74, 6) is 0.812. The van der Waals surface area contributed by atoms with Gasteiger partial charge in [0.05, 0.1) is 6.04 Å². The maximum Gasteiger partial charge on any atom is 0.145 e.